The van der Waals surface area contributed by atoms with Gasteiger partial charge in [-0.25, -0.2) is 0 Å². The molecule has 0 radical (unpaired) electrons. The Labute approximate surface area is 119 Å². The quantitative estimate of drug-likeness (QED) is 0.816. The standard InChI is InChI=1S/C13H19ClN2OS/c1-9(8-17-3)15-13(18)16-10(2)11-5-4-6-12(14)7-11/h4-7,9-10H,8H2,1-3H3,(H2,15,16,18). The molecule has 0 bridgehead atoms. The Hall–Kier alpha value is -0.840. The Morgan fingerprint density at radius 1 is 1.39 bits per heavy atom. The maximum atomic E-state index is 5.96. The van der Waals surface area contributed by atoms with Crippen LogP contribution in [0.3, 0.4) is 0 Å². The lowest BCUT2D eigenvalue weighted by Crippen LogP contribution is -2.43. The summed E-state index contributed by atoms with van der Waals surface area (Å²) >= 11 is 11.2. The Bertz CT molecular complexity index is 400. The third-order valence-electron chi connectivity index (χ3n) is 2.49. The molecule has 3 nitrogen and oxygen atoms in total. The van der Waals surface area contributed by atoms with Gasteiger partial charge in [0.1, 0.15) is 0 Å². The lowest BCUT2D eigenvalue weighted by atomic mass is 10.1. The van der Waals surface area contributed by atoms with Crippen LogP contribution in [0.25, 0.3) is 0 Å². The topological polar surface area (TPSA) is 33.3 Å². The van der Waals surface area contributed by atoms with Gasteiger partial charge < -0.3 is 15.4 Å². The number of ether oxygens (including phenoxy) is 1. The minimum Gasteiger partial charge on any atom is -0.383 e. The van der Waals surface area contributed by atoms with E-state index >= 15 is 0 Å². The second kappa shape index (κ2) is 7.56. The maximum Gasteiger partial charge on any atom is 0.167 e. The first kappa shape index (κ1) is 15.2. The van der Waals surface area contributed by atoms with E-state index in [0.29, 0.717) is 11.7 Å². The number of nitrogens with one attached hydrogen (secondary N) is 2. The molecule has 0 aliphatic rings. The number of benzene rings is 1. The minimum absolute atomic E-state index is 0.110. The van der Waals surface area contributed by atoms with Crippen LogP contribution in [0.5, 0.6) is 0 Å². The molecule has 0 heterocycles. The first-order valence-electron chi connectivity index (χ1n) is 5.84. The lowest BCUT2D eigenvalue weighted by molar-refractivity contribution is 0.179. The molecular formula is C13H19ClN2OS. The highest BCUT2D eigenvalue weighted by Gasteiger charge is 2.09. The third kappa shape index (κ3) is 5.21. The summed E-state index contributed by atoms with van der Waals surface area (Å²) in [4.78, 5) is 0. The molecule has 0 saturated carbocycles. The molecule has 0 spiro atoms. The van der Waals surface area contributed by atoms with Crippen LogP contribution in [0.1, 0.15) is 25.5 Å². The van der Waals surface area contributed by atoms with Crippen molar-refractivity contribution < 1.29 is 4.74 Å². The first-order valence-corrected chi connectivity index (χ1v) is 6.63. The molecule has 0 aromatic heterocycles. The van der Waals surface area contributed by atoms with Crippen molar-refractivity contribution in [3.63, 3.8) is 0 Å². The summed E-state index contributed by atoms with van der Waals surface area (Å²) in [6, 6.07) is 8.03. The number of hydrogen-bond acceptors (Lipinski definition) is 2. The Morgan fingerprint density at radius 2 is 2.11 bits per heavy atom. The Balaban J connectivity index is 2.49. The average molecular weight is 287 g/mol. The van der Waals surface area contributed by atoms with E-state index in [1.54, 1.807) is 7.11 Å². The van der Waals surface area contributed by atoms with Gasteiger partial charge in [0.2, 0.25) is 0 Å². The van der Waals surface area contributed by atoms with Crippen LogP contribution >= 0.6 is 23.8 Å². The van der Waals surface area contributed by atoms with Gasteiger partial charge in [-0.05, 0) is 43.8 Å². The molecule has 100 valence electrons. The molecule has 18 heavy (non-hydrogen) atoms. The van der Waals surface area contributed by atoms with Gasteiger partial charge in [-0.3, -0.25) is 0 Å². The number of hydrogen-bond donors (Lipinski definition) is 2. The van der Waals surface area contributed by atoms with Gasteiger partial charge in [-0.1, -0.05) is 23.7 Å². The van der Waals surface area contributed by atoms with E-state index in [9.17, 15) is 0 Å². The summed E-state index contributed by atoms with van der Waals surface area (Å²) in [7, 11) is 1.67. The summed E-state index contributed by atoms with van der Waals surface area (Å²) in [5.41, 5.74) is 1.10. The average Bonchev–Trinajstić information content (AvgIpc) is 2.28. The SMILES string of the molecule is COCC(C)NC(=S)NC(C)c1cccc(Cl)c1. The van der Waals surface area contributed by atoms with E-state index in [2.05, 4.69) is 10.6 Å². The monoisotopic (exact) mass is 286 g/mol. The molecule has 0 amide bonds. The fourth-order valence-corrected chi connectivity index (χ4v) is 2.19. The van der Waals surface area contributed by atoms with E-state index in [-0.39, 0.29) is 12.1 Å². The highest BCUT2D eigenvalue weighted by Crippen LogP contribution is 2.17. The van der Waals surface area contributed by atoms with Gasteiger partial charge >= 0.3 is 0 Å². The summed E-state index contributed by atoms with van der Waals surface area (Å²) in [6.07, 6.45) is 0. The van der Waals surface area contributed by atoms with Crippen molar-refractivity contribution in [2.24, 2.45) is 0 Å². The van der Waals surface area contributed by atoms with E-state index in [1.165, 1.54) is 0 Å². The largest absolute Gasteiger partial charge is 0.383 e. The van der Waals surface area contributed by atoms with Crippen LogP contribution in [0.15, 0.2) is 24.3 Å². The van der Waals surface area contributed by atoms with Crippen molar-refractivity contribution in [3.05, 3.63) is 34.9 Å². The summed E-state index contributed by atoms with van der Waals surface area (Å²) in [5, 5.41) is 7.72. The van der Waals surface area contributed by atoms with Crippen molar-refractivity contribution in [2.75, 3.05) is 13.7 Å². The zero-order valence-corrected chi connectivity index (χ0v) is 12.4. The summed E-state index contributed by atoms with van der Waals surface area (Å²) < 4.78 is 5.04. The second-order valence-electron chi connectivity index (χ2n) is 4.25. The van der Waals surface area contributed by atoms with E-state index in [4.69, 9.17) is 28.6 Å². The fraction of sp³-hybridized carbons (Fsp3) is 0.462. The number of halogens is 1. The number of thiocarbonyl (C=S) groups is 1. The molecule has 0 aliphatic heterocycles. The number of rotatable bonds is 5. The Morgan fingerprint density at radius 3 is 2.72 bits per heavy atom. The van der Waals surface area contributed by atoms with Gasteiger partial charge in [0.05, 0.1) is 12.6 Å². The maximum absolute atomic E-state index is 5.96. The zero-order valence-electron chi connectivity index (χ0n) is 10.9. The molecule has 2 N–H and O–H groups in total. The molecule has 0 aliphatic carbocycles. The molecule has 1 aromatic rings. The summed E-state index contributed by atoms with van der Waals surface area (Å²) in [5.74, 6) is 0. The Kier molecular flexibility index (Phi) is 6.39. The first-order chi connectivity index (χ1) is 8.52. The molecule has 0 fully saturated rings. The van der Waals surface area contributed by atoms with Crippen LogP contribution in [0, 0.1) is 0 Å². The van der Waals surface area contributed by atoms with Crippen LogP contribution in [0.4, 0.5) is 0 Å². The van der Waals surface area contributed by atoms with Crippen LogP contribution in [0.2, 0.25) is 5.02 Å². The molecular weight excluding hydrogens is 268 g/mol. The molecule has 0 saturated heterocycles. The molecule has 5 heteroatoms. The van der Waals surface area contributed by atoms with Gasteiger partial charge in [-0.2, -0.15) is 0 Å². The van der Waals surface area contributed by atoms with Gasteiger partial charge in [0, 0.05) is 18.2 Å². The normalized spacial score (nSPS) is 13.8. The predicted molar refractivity (Wildman–Crippen MR) is 80.1 cm³/mol. The predicted octanol–water partition coefficient (Wildman–Crippen LogP) is 2.90. The van der Waals surface area contributed by atoms with Crippen molar-refractivity contribution in [3.8, 4) is 0 Å². The van der Waals surface area contributed by atoms with Crippen molar-refractivity contribution in [1.29, 1.82) is 0 Å². The van der Waals surface area contributed by atoms with Crippen LogP contribution in [-0.2, 0) is 4.74 Å². The molecule has 1 aromatic carbocycles. The fourth-order valence-electron chi connectivity index (χ4n) is 1.61. The summed E-state index contributed by atoms with van der Waals surface area (Å²) in [6.45, 7) is 4.68. The van der Waals surface area contributed by atoms with E-state index < -0.39 is 0 Å². The van der Waals surface area contributed by atoms with Gasteiger partial charge in [-0.15, -0.1) is 0 Å². The molecule has 2 unspecified atom stereocenters. The second-order valence-corrected chi connectivity index (χ2v) is 5.10. The van der Waals surface area contributed by atoms with Crippen molar-refractivity contribution >= 4 is 28.9 Å². The van der Waals surface area contributed by atoms with Crippen LogP contribution in [-0.4, -0.2) is 24.9 Å². The van der Waals surface area contributed by atoms with E-state index in [1.807, 2.05) is 38.1 Å². The highest BCUT2D eigenvalue weighted by molar-refractivity contribution is 7.80. The highest BCUT2D eigenvalue weighted by atomic mass is 35.5. The smallest absolute Gasteiger partial charge is 0.167 e. The number of methoxy groups -OCH3 is 1. The van der Waals surface area contributed by atoms with Gasteiger partial charge in [0.15, 0.2) is 5.11 Å². The van der Waals surface area contributed by atoms with Crippen molar-refractivity contribution in [2.45, 2.75) is 25.9 Å². The van der Waals surface area contributed by atoms with Gasteiger partial charge in [0.25, 0.3) is 0 Å². The zero-order chi connectivity index (χ0) is 13.5. The third-order valence-corrected chi connectivity index (χ3v) is 2.96. The van der Waals surface area contributed by atoms with E-state index in [0.717, 1.165) is 10.6 Å². The van der Waals surface area contributed by atoms with Crippen molar-refractivity contribution in [1.82, 2.24) is 10.6 Å². The van der Waals surface area contributed by atoms with Crippen LogP contribution < -0.4 is 10.6 Å². The molecule has 2 atom stereocenters. The molecule has 1 rings (SSSR count). The lowest BCUT2D eigenvalue weighted by Gasteiger charge is -2.20. The minimum atomic E-state index is 0.110.